The highest BCUT2D eigenvalue weighted by molar-refractivity contribution is 14.1. The maximum absolute atomic E-state index is 10.6. The predicted molar refractivity (Wildman–Crippen MR) is 63.2 cm³/mol. The molecule has 0 radical (unpaired) electrons. The van der Waals surface area contributed by atoms with Crippen molar-refractivity contribution in [3.8, 4) is 6.07 Å². The van der Waals surface area contributed by atoms with Gasteiger partial charge in [-0.1, -0.05) is 15.9 Å². The topological polar surface area (TPSA) is 66.9 Å². The Morgan fingerprint density at radius 2 is 2.29 bits per heavy atom. The van der Waals surface area contributed by atoms with E-state index in [2.05, 4.69) is 15.9 Å². The normalized spacial score (nSPS) is 9.50. The summed E-state index contributed by atoms with van der Waals surface area (Å²) in [5.41, 5.74) is 0.780. The van der Waals surface area contributed by atoms with Crippen LogP contribution >= 0.6 is 38.5 Å². The zero-order chi connectivity index (χ0) is 10.7. The van der Waals surface area contributed by atoms with Gasteiger partial charge >= 0.3 is 0 Å². The van der Waals surface area contributed by atoms with Crippen LogP contribution in [0, 0.1) is 25.0 Å². The molecule has 0 aliphatic heterocycles. The molecule has 0 bridgehead atoms. The minimum atomic E-state index is -0.541. The van der Waals surface area contributed by atoms with Crippen LogP contribution in [0.1, 0.15) is 11.1 Å². The summed E-state index contributed by atoms with van der Waals surface area (Å²) in [6.45, 7) is 0. The van der Waals surface area contributed by atoms with Gasteiger partial charge in [-0.15, -0.1) is 0 Å². The molecule has 0 saturated heterocycles. The van der Waals surface area contributed by atoms with E-state index >= 15 is 0 Å². The molecule has 1 aromatic rings. The summed E-state index contributed by atoms with van der Waals surface area (Å²) >= 11 is 5.27. The second kappa shape index (κ2) is 4.70. The summed E-state index contributed by atoms with van der Waals surface area (Å²) in [6, 6.07) is 4.76. The third kappa shape index (κ3) is 2.22. The van der Waals surface area contributed by atoms with Crippen molar-refractivity contribution >= 4 is 44.2 Å². The monoisotopic (exact) mass is 366 g/mol. The number of nitriles is 1. The maximum Gasteiger partial charge on any atom is 0.287 e. The van der Waals surface area contributed by atoms with Crippen LogP contribution in [-0.2, 0) is 5.33 Å². The molecule has 0 N–H and O–H groups in total. The van der Waals surface area contributed by atoms with Crippen LogP contribution in [0.25, 0.3) is 0 Å². The molecular formula is C8H4BrIN2O2. The molecule has 6 heteroatoms. The summed E-state index contributed by atoms with van der Waals surface area (Å²) in [4.78, 5) is 10.1. The van der Waals surface area contributed by atoms with E-state index in [0.29, 0.717) is 5.33 Å². The first-order valence-electron chi connectivity index (χ1n) is 3.53. The molecular weight excluding hydrogens is 363 g/mol. The number of nitro groups is 1. The van der Waals surface area contributed by atoms with Gasteiger partial charge in [-0.05, 0) is 34.2 Å². The fourth-order valence-corrected chi connectivity index (χ4v) is 2.59. The van der Waals surface area contributed by atoms with Crippen molar-refractivity contribution in [1.82, 2.24) is 0 Å². The number of hydrogen-bond acceptors (Lipinski definition) is 3. The quantitative estimate of drug-likeness (QED) is 0.350. The van der Waals surface area contributed by atoms with E-state index in [1.165, 1.54) is 12.1 Å². The number of nitrogens with zero attached hydrogens (tertiary/aromatic N) is 2. The molecule has 0 atom stereocenters. The van der Waals surface area contributed by atoms with Crippen LogP contribution in [0.4, 0.5) is 5.69 Å². The number of hydrogen-bond donors (Lipinski definition) is 0. The molecule has 1 rings (SSSR count). The van der Waals surface area contributed by atoms with E-state index in [-0.39, 0.29) is 11.3 Å². The Hall–Kier alpha value is -0.680. The van der Waals surface area contributed by atoms with E-state index in [9.17, 15) is 10.1 Å². The molecule has 1 aromatic carbocycles. The largest absolute Gasteiger partial charge is 0.287 e. The number of rotatable bonds is 2. The zero-order valence-corrected chi connectivity index (χ0v) is 10.6. The Balaban J connectivity index is 3.42. The van der Waals surface area contributed by atoms with E-state index in [4.69, 9.17) is 5.26 Å². The molecule has 0 aliphatic carbocycles. The van der Waals surface area contributed by atoms with Crippen molar-refractivity contribution < 1.29 is 4.92 Å². The van der Waals surface area contributed by atoms with Crippen LogP contribution in [0.5, 0.6) is 0 Å². The number of halogens is 2. The van der Waals surface area contributed by atoms with Gasteiger partial charge in [0.15, 0.2) is 0 Å². The number of nitro benzene ring substituents is 1. The van der Waals surface area contributed by atoms with E-state index in [1.54, 1.807) is 0 Å². The van der Waals surface area contributed by atoms with E-state index < -0.39 is 4.92 Å². The summed E-state index contributed by atoms with van der Waals surface area (Å²) in [5, 5.41) is 19.8. The summed E-state index contributed by atoms with van der Waals surface area (Å²) in [7, 11) is 0. The summed E-state index contributed by atoms with van der Waals surface area (Å²) in [5.74, 6) is 0. The lowest BCUT2D eigenvalue weighted by molar-refractivity contribution is -0.385. The van der Waals surface area contributed by atoms with Gasteiger partial charge in [0.05, 0.1) is 4.92 Å². The maximum atomic E-state index is 10.6. The Labute approximate surface area is 102 Å². The van der Waals surface area contributed by atoms with Crippen LogP contribution < -0.4 is 0 Å². The highest BCUT2D eigenvalue weighted by atomic mass is 127. The second-order valence-electron chi connectivity index (χ2n) is 2.46. The van der Waals surface area contributed by atoms with Crippen LogP contribution in [0.2, 0.25) is 0 Å². The Morgan fingerprint density at radius 1 is 1.64 bits per heavy atom. The summed E-state index contributed by atoms with van der Waals surface area (Å²) in [6.07, 6.45) is 0. The third-order valence-electron chi connectivity index (χ3n) is 1.63. The highest BCUT2D eigenvalue weighted by Crippen LogP contribution is 2.25. The minimum absolute atomic E-state index is 0.101. The smallest absolute Gasteiger partial charge is 0.258 e. The molecule has 4 nitrogen and oxygen atoms in total. The lowest BCUT2D eigenvalue weighted by Crippen LogP contribution is -1.96. The molecule has 0 unspecified atom stereocenters. The van der Waals surface area contributed by atoms with Gasteiger partial charge in [0.25, 0.3) is 5.69 Å². The van der Waals surface area contributed by atoms with Crippen molar-refractivity contribution in [2.75, 3.05) is 0 Å². The van der Waals surface area contributed by atoms with Gasteiger partial charge in [-0.3, -0.25) is 10.1 Å². The SMILES string of the molecule is N#Cc1cc(I)c(CBr)cc1[N+](=O)[O-]. The molecule has 0 heterocycles. The number of benzene rings is 1. The Morgan fingerprint density at radius 3 is 2.71 bits per heavy atom. The fourth-order valence-electron chi connectivity index (χ4n) is 0.948. The van der Waals surface area contributed by atoms with Crippen molar-refractivity contribution in [2.24, 2.45) is 0 Å². The van der Waals surface area contributed by atoms with Crippen LogP contribution in [0.15, 0.2) is 12.1 Å². The first-order chi connectivity index (χ1) is 6.60. The van der Waals surface area contributed by atoms with Gasteiger partial charge in [0.2, 0.25) is 0 Å². The standard InChI is InChI=1S/C8H4BrIN2O2/c9-3-5-2-8(12(13)14)6(4-11)1-7(5)10/h1-2H,3H2. The average Bonchev–Trinajstić information content (AvgIpc) is 2.16. The van der Waals surface area contributed by atoms with Crippen molar-refractivity contribution in [3.05, 3.63) is 36.9 Å². The predicted octanol–water partition coefficient (Wildman–Crippen LogP) is 2.97. The molecule has 0 aliphatic rings. The lowest BCUT2D eigenvalue weighted by atomic mass is 10.1. The second-order valence-corrected chi connectivity index (χ2v) is 4.19. The van der Waals surface area contributed by atoms with Crippen molar-refractivity contribution in [1.29, 1.82) is 5.26 Å². The minimum Gasteiger partial charge on any atom is -0.258 e. The molecule has 14 heavy (non-hydrogen) atoms. The van der Waals surface area contributed by atoms with Crippen molar-refractivity contribution in [2.45, 2.75) is 5.33 Å². The molecule has 72 valence electrons. The molecule has 0 spiro atoms. The van der Waals surface area contributed by atoms with Gasteiger partial charge in [0.1, 0.15) is 11.6 Å². The number of alkyl halides is 1. The van der Waals surface area contributed by atoms with E-state index in [0.717, 1.165) is 9.13 Å². The van der Waals surface area contributed by atoms with E-state index in [1.807, 2.05) is 28.7 Å². The highest BCUT2D eigenvalue weighted by Gasteiger charge is 2.16. The van der Waals surface area contributed by atoms with Gasteiger partial charge in [0, 0.05) is 15.0 Å². The first-order valence-corrected chi connectivity index (χ1v) is 5.73. The molecule has 0 amide bonds. The zero-order valence-electron chi connectivity index (χ0n) is 6.83. The van der Waals surface area contributed by atoms with Gasteiger partial charge in [-0.25, -0.2) is 0 Å². The Bertz CT molecular complexity index is 428. The first kappa shape index (κ1) is 11.4. The molecule has 0 saturated carbocycles. The third-order valence-corrected chi connectivity index (χ3v) is 3.23. The summed E-state index contributed by atoms with van der Waals surface area (Å²) < 4.78 is 0.849. The van der Waals surface area contributed by atoms with Crippen LogP contribution in [0.3, 0.4) is 0 Å². The Kier molecular flexibility index (Phi) is 3.83. The molecule has 0 aromatic heterocycles. The van der Waals surface area contributed by atoms with Gasteiger partial charge in [-0.2, -0.15) is 5.26 Å². The lowest BCUT2D eigenvalue weighted by Gasteiger charge is -2.01. The van der Waals surface area contributed by atoms with Crippen molar-refractivity contribution in [3.63, 3.8) is 0 Å². The fraction of sp³-hybridized carbons (Fsp3) is 0.125. The average molecular weight is 367 g/mol. The van der Waals surface area contributed by atoms with Crippen LogP contribution in [-0.4, -0.2) is 4.92 Å². The van der Waals surface area contributed by atoms with Gasteiger partial charge < -0.3 is 0 Å². The molecule has 0 fully saturated rings.